The van der Waals surface area contributed by atoms with Gasteiger partial charge in [-0.3, -0.25) is 0 Å². The van der Waals surface area contributed by atoms with E-state index in [0.29, 0.717) is 12.0 Å². The number of hydrogen-bond acceptors (Lipinski definition) is 3. The van der Waals surface area contributed by atoms with E-state index in [1.54, 1.807) is 0 Å². The third-order valence-corrected chi connectivity index (χ3v) is 4.87. The standard InChI is InChI=1S/C21H20O3/c1-15-12-13-19-18(20(22)23-15)14-21(24-19,16-8-4-2-5-9-16)17-10-6-3-7-11-17/h2-11,15H,12-14H2,1H3. The SMILES string of the molecule is CC1CCC2=C(CC(c3ccccc3)(c3ccccc3)O2)C(=O)O1. The number of esters is 1. The molecule has 1 unspecified atom stereocenters. The van der Waals surface area contributed by atoms with Crippen LogP contribution in [0.3, 0.4) is 0 Å². The Bertz CT molecular complexity index is 738. The Hall–Kier alpha value is -2.55. The summed E-state index contributed by atoms with van der Waals surface area (Å²) in [6.07, 6.45) is 1.99. The van der Waals surface area contributed by atoms with Gasteiger partial charge in [-0.1, -0.05) is 60.7 Å². The van der Waals surface area contributed by atoms with Crippen molar-refractivity contribution < 1.29 is 14.3 Å². The summed E-state index contributed by atoms with van der Waals surface area (Å²) in [5.74, 6) is 0.556. The van der Waals surface area contributed by atoms with Gasteiger partial charge in [0, 0.05) is 24.0 Å². The smallest absolute Gasteiger partial charge is 0.337 e. The highest BCUT2D eigenvalue weighted by Gasteiger charge is 2.47. The van der Waals surface area contributed by atoms with Gasteiger partial charge in [0.05, 0.1) is 11.7 Å². The molecule has 0 saturated heterocycles. The first-order valence-corrected chi connectivity index (χ1v) is 8.42. The summed E-state index contributed by atoms with van der Waals surface area (Å²) in [7, 11) is 0. The topological polar surface area (TPSA) is 35.5 Å². The molecule has 2 aliphatic heterocycles. The molecule has 0 radical (unpaired) electrons. The van der Waals surface area contributed by atoms with Crippen LogP contribution in [0.2, 0.25) is 0 Å². The fraction of sp³-hybridized carbons (Fsp3) is 0.286. The molecule has 0 saturated carbocycles. The minimum atomic E-state index is -0.646. The van der Waals surface area contributed by atoms with Crippen LogP contribution >= 0.6 is 0 Å². The largest absolute Gasteiger partial charge is 0.481 e. The van der Waals surface area contributed by atoms with Crippen molar-refractivity contribution in [2.45, 2.75) is 37.9 Å². The van der Waals surface area contributed by atoms with Gasteiger partial charge in [-0.25, -0.2) is 4.79 Å². The molecular weight excluding hydrogens is 300 g/mol. The molecule has 0 spiro atoms. The number of ether oxygens (including phenoxy) is 2. The van der Waals surface area contributed by atoms with Crippen LogP contribution in [-0.2, 0) is 19.9 Å². The molecule has 1 atom stereocenters. The third kappa shape index (κ3) is 2.41. The maximum absolute atomic E-state index is 12.5. The Morgan fingerprint density at radius 2 is 1.54 bits per heavy atom. The zero-order chi connectivity index (χ0) is 16.6. The minimum absolute atomic E-state index is 0.0606. The highest BCUT2D eigenvalue weighted by Crippen LogP contribution is 2.48. The van der Waals surface area contributed by atoms with Gasteiger partial charge in [0.2, 0.25) is 0 Å². The molecule has 3 heteroatoms. The lowest BCUT2D eigenvalue weighted by atomic mass is 9.82. The zero-order valence-electron chi connectivity index (χ0n) is 13.7. The van der Waals surface area contributed by atoms with Crippen LogP contribution in [0.4, 0.5) is 0 Å². The van der Waals surface area contributed by atoms with Gasteiger partial charge < -0.3 is 9.47 Å². The highest BCUT2D eigenvalue weighted by molar-refractivity contribution is 5.90. The van der Waals surface area contributed by atoms with Gasteiger partial charge in [-0.15, -0.1) is 0 Å². The first kappa shape index (κ1) is 15.0. The molecule has 0 fully saturated rings. The molecule has 24 heavy (non-hydrogen) atoms. The summed E-state index contributed by atoms with van der Waals surface area (Å²) in [6, 6.07) is 20.3. The van der Waals surface area contributed by atoms with Crippen molar-refractivity contribution >= 4 is 5.97 Å². The van der Waals surface area contributed by atoms with E-state index in [4.69, 9.17) is 9.47 Å². The van der Waals surface area contributed by atoms with Crippen LogP contribution in [0.15, 0.2) is 72.0 Å². The fourth-order valence-electron chi connectivity index (χ4n) is 3.59. The maximum atomic E-state index is 12.5. The lowest BCUT2D eigenvalue weighted by Gasteiger charge is -2.31. The number of carbonyl (C=O) groups excluding carboxylic acids is 1. The second-order valence-corrected chi connectivity index (χ2v) is 6.49. The van der Waals surface area contributed by atoms with E-state index in [-0.39, 0.29) is 12.1 Å². The lowest BCUT2D eigenvalue weighted by Crippen LogP contribution is -2.28. The summed E-state index contributed by atoms with van der Waals surface area (Å²) in [4.78, 5) is 12.5. The van der Waals surface area contributed by atoms with E-state index in [2.05, 4.69) is 24.3 Å². The summed E-state index contributed by atoms with van der Waals surface area (Å²) < 4.78 is 12.0. The number of rotatable bonds is 2. The Labute approximate surface area is 141 Å². The summed E-state index contributed by atoms with van der Waals surface area (Å²) >= 11 is 0. The van der Waals surface area contributed by atoms with E-state index < -0.39 is 5.60 Å². The average molecular weight is 320 g/mol. The predicted octanol–water partition coefficient (Wildman–Crippen LogP) is 4.33. The first-order chi connectivity index (χ1) is 11.7. The molecule has 0 aliphatic carbocycles. The van der Waals surface area contributed by atoms with Gasteiger partial charge in [-0.2, -0.15) is 0 Å². The first-order valence-electron chi connectivity index (χ1n) is 8.42. The number of carbonyl (C=O) groups is 1. The number of benzene rings is 2. The Morgan fingerprint density at radius 3 is 2.12 bits per heavy atom. The van der Waals surface area contributed by atoms with Crippen LogP contribution in [0, 0.1) is 0 Å². The summed E-state index contributed by atoms with van der Waals surface area (Å²) in [6.45, 7) is 1.93. The van der Waals surface area contributed by atoms with Gasteiger partial charge >= 0.3 is 5.97 Å². The molecule has 122 valence electrons. The molecule has 2 aromatic rings. The number of hydrogen-bond donors (Lipinski definition) is 0. The molecular formula is C21H20O3. The Morgan fingerprint density at radius 1 is 0.958 bits per heavy atom. The predicted molar refractivity (Wildman–Crippen MR) is 91.2 cm³/mol. The zero-order valence-corrected chi connectivity index (χ0v) is 13.7. The lowest BCUT2D eigenvalue weighted by molar-refractivity contribution is -0.143. The second kappa shape index (κ2) is 5.82. The second-order valence-electron chi connectivity index (χ2n) is 6.49. The Balaban J connectivity index is 1.80. The van der Waals surface area contributed by atoms with Crippen molar-refractivity contribution in [1.82, 2.24) is 0 Å². The van der Waals surface area contributed by atoms with Gasteiger partial charge in [-0.05, 0) is 13.3 Å². The molecule has 0 amide bonds. The van der Waals surface area contributed by atoms with Crippen molar-refractivity contribution in [3.05, 3.63) is 83.1 Å². The third-order valence-electron chi connectivity index (χ3n) is 4.87. The van der Waals surface area contributed by atoms with E-state index >= 15 is 0 Å². The van der Waals surface area contributed by atoms with Gasteiger partial charge in [0.1, 0.15) is 5.76 Å². The van der Waals surface area contributed by atoms with Crippen LogP contribution in [0.5, 0.6) is 0 Å². The van der Waals surface area contributed by atoms with Crippen LogP contribution in [0.1, 0.15) is 37.3 Å². The molecule has 2 aliphatic rings. The molecule has 0 aromatic heterocycles. The quantitative estimate of drug-likeness (QED) is 0.773. The van der Waals surface area contributed by atoms with E-state index in [0.717, 1.165) is 29.7 Å². The van der Waals surface area contributed by atoms with Crippen LogP contribution < -0.4 is 0 Å². The molecule has 2 heterocycles. The minimum Gasteiger partial charge on any atom is -0.481 e. The average Bonchev–Trinajstić information content (AvgIpc) is 2.97. The van der Waals surface area contributed by atoms with Crippen molar-refractivity contribution in [3.8, 4) is 0 Å². The summed E-state index contributed by atoms with van der Waals surface area (Å²) in [5, 5.41) is 0. The maximum Gasteiger partial charge on any atom is 0.337 e. The van der Waals surface area contributed by atoms with Crippen molar-refractivity contribution in [2.75, 3.05) is 0 Å². The van der Waals surface area contributed by atoms with Gasteiger partial charge in [0.15, 0.2) is 5.60 Å². The van der Waals surface area contributed by atoms with E-state index in [1.807, 2.05) is 43.3 Å². The van der Waals surface area contributed by atoms with E-state index in [9.17, 15) is 4.79 Å². The molecule has 4 rings (SSSR count). The van der Waals surface area contributed by atoms with Crippen molar-refractivity contribution in [1.29, 1.82) is 0 Å². The van der Waals surface area contributed by atoms with Crippen molar-refractivity contribution in [3.63, 3.8) is 0 Å². The van der Waals surface area contributed by atoms with E-state index in [1.165, 1.54) is 0 Å². The van der Waals surface area contributed by atoms with Crippen LogP contribution in [-0.4, -0.2) is 12.1 Å². The fourth-order valence-corrected chi connectivity index (χ4v) is 3.59. The Kier molecular flexibility index (Phi) is 3.64. The highest BCUT2D eigenvalue weighted by atomic mass is 16.6. The molecule has 2 aromatic carbocycles. The monoisotopic (exact) mass is 320 g/mol. The number of allylic oxidation sites excluding steroid dienone is 1. The molecule has 3 nitrogen and oxygen atoms in total. The van der Waals surface area contributed by atoms with Gasteiger partial charge in [0.25, 0.3) is 0 Å². The summed E-state index contributed by atoms with van der Waals surface area (Å²) in [5.41, 5.74) is 2.16. The van der Waals surface area contributed by atoms with Crippen molar-refractivity contribution in [2.24, 2.45) is 0 Å². The number of cyclic esters (lactones) is 1. The molecule has 0 N–H and O–H groups in total. The normalized spacial score (nSPS) is 22.4. The van der Waals surface area contributed by atoms with Crippen LogP contribution in [0.25, 0.3) is 0 Å². The molecule has 0 bridgehead atoms.